The average molecular weight is 366 g/mol. The monoisotopic (exact) mass is 365 g/mol. The topological polar surface area (TPSA) is 104 Å². The van der Waals surface area contributed by atoms with Crippen LogP contribution >= 0.6 is 22.9 Å². The molecule has 3 aromatic rings. The molecule has 1 aromatic carbocycles. The number of nitro benzene ring substituents is 1. The van der Waals surface area contributed by atoms with Crippen LogP contribution in [0.5, 0.6) is 0 Å². The predicted octanol–water partition coefficient (Wildman–Crippen LogP) is 2.67. The molecule has 0 saturated carbocycles. The van der Waals surface area contributed by atoms with Gasteiger partial charge in [0, 0.05) is 28.7 Å². The van der Waals surface area contributed by atoms with Crippen molar-refractivity contribution < 1.29 is 14.5 Å². The first-order valence-corrected chi connectivity index (χ1v) is 7.78. The fourth-order valence-electron chi connectivity index (χ4n) is 2.01. The van der Waals surface area contributed by atoms with Crippen LogP contribution in [0.25, 0.3) is 4.96 Å². The van der Waals surface area contributed by atoms with Crippen LogP contribution in [0.4, 0.5) is 5.69 Å². The zero-order valence-corrected chi connectivity index (χ0v) is 13.4. The van der Waals surface area contributed by atoms with Crippen molar-refractivity contribution in [2.24, 2.45) is 0 Å². The summed E-state index contributed by atoms with van der Waals surface area (Å²) in [6.07, 6.45) is 1.59. The van der Waals surface area contributed by atoms with Crippen LogP contribution in [-0.2, 0) is 11.3 Å². The van der Waals surface area contributed by atoms with Gasteiger partial charge in [-0.2, -0.15) is 0 Å². The molecule has 0 spiro atoms. The summed E-state index contributed by atoms with van der Waals surface area (Å²) >= 11 is 6.96. The van der Waals surface area contributed by atoms with Crippen molar-refractivity contribution in [1.29, 1.82) is 0 Å². The summed E-state index contributed by atoms with van der Waals surface area (Å²) in [5, 5.41) is 12.8. The predicted molar refractivity (Wildman–Crippen MR) is 86.6 cm³/mol. The molecule has 0 fully saturated rings. The van der Waals surface area contributed by atoms with Crippen molar-refractivity contribution >= 4 is 39.6 Å². The second-order valence-electron chi connectivity index (χ2n) is 4.64. The maximum atomic E-state index is 12.1. The number of ether oxygens (including phenoxy) is 1. The van der Waals surface area contributed by atoms with Gasteiger partial charge in [-0.25, -0.2) is 9.78 Å². The second-order valence-corrected chi connectivity index (χ2v) is 5.95. The molecule has 0 N–H and O–H groups in total. The van der Waals surface area contributed by atoms with Gasteiger partial charge >= 0.3 is 5.97 Å². The Morgan fingerprint density at radius 3 is 2.96 bits per heavy atom. The summed E-state index contributed by atoms with van der Waals surface area (Å²) < 4.78 is 6.39. The molecular weight excluding hydrogens is 358 g/mol. The van der Waals surface area contributed by atoms with Crippen LogP contribution in [-0.4, -0.2) is 20.3 Å². The molecular formula is C14H8ClN3O5S. The number of halogens is 1. The largest absolute Gasteiger partial charge is 0.455 e. The van der Waals surface area contributed by atoms with Gasteiger partial charge in [0.2, 0.25) is 0 Å². The Balaban J connectivity index is 1.82. The van der Waals surface area contributed by atoms with Crippen molar-refractivity contribution in [3.63, 3.8) is 0 Å². The Labute approximate surface area is 143 Å². The van der Waals surface area contributed by atoms with E-state index in [4.69, 9.17) is 16.3 Å². The Morgan fingerprint density at radius 1 is 1.42 bits per heavy atom. The minimum Gasteiger partial charge on any atom is -0.455 e. The minimum atomic E-state index is -0.897. The number of nitrogens with zero attached hydrogens (tertiary/aromatic N) is 3. The normalized spacial score (nSPS) is 10.7. The Bertz CT molecular complexity index is 1010. The lowest BCUT2D eigenvalue weighted by molar-refractivity contribution is -0.385. The van der Waals surface area contributed by atoms with Gasteiger partial charge in [0.1, 0.15) is 12.2 Å². The van der Waals surface area contributed by atoms with Gasteiger partial charge in [0.25, 0.3) is 11.2 Å². The maximum absolute atomic E-state index is 12.1. The highest BCUT2D eigenvalue weighted by atomic mass is 35.5. The Morgan fingerprint density at radius 2 is 2.21 bits per heavy atom. The standard InChI is InChI=1S/C14H8ClN3O5S/c15-8-1-2-10(11(5-8)18(21)22)13(20)23-7-9-6-12(19)17-3-4-24-14(17)16-9/h1-6H,7H2. The molecule has 24 heavy (non-hydrogen) atoms. The van der Waals surface area contributed by atoms with Gasteiger partial charge in [-0.05, 0) is 12.1 Å². The maximum Gasteiger partial charge on any atom is 0.345 e. The average Bonchev–Trinajstić information content (AvgIpc) is 3.01. The summed E-state index contributed by atoms with van der Waals surface area (Å²) in [4.78, 5) is 38.8. The molecule has 0 radical (unpaired) electrons. The molecule has 10 heteroatoms. The molecule has 0 bridgehead atoms. The van der Waals surface area contributed by atoms with Crippen LogP contribution in [0.1, 0.15) is 16.1 Å². The molecule has 0 aliphatic heterocycles. The number of hydrogen-bond acceptors (Lipinski definition) is 7. The lowest BCUT2D eigenvalue weighted by Crippen LogP contribution is -2.15. The van der Waals surface area contributed by atoms with Crippen LogP contribution in [0.3, 0.4) is 0 Å². The second kappa shape index (κ2) is 6.38. The SMILES string of the molecule is O=C(OCc1cc(=O)n2ccsc2n1)c1ccc(Cl)cc1[N+](=O)[O-]. The van der Waals surface area contributed by atoms with E-state index < -0.39 is 16.6 Å². The number of hydrogen-bond donors (Lipinski definition) is 0. The third-order valence-corrected chi connectivity index (χ3v) is 4.08. The van der Waals surface area contributed by atoms with Gasteiger partial charge in [0.05, 0.1) is 10.6 Å². The van der Waals surface area contributed by atoms with E-state index in [-0.39, 0.29) is 28.4 Å². The highest BCUT2D eigenvalue weighted by Crippen LogP contribution is 2.24. The molecule has 2 aromatic heterocycles. The van der Waals surface area contributed by atoms with E-state index in [1.54, 1.807) is 11.6 Å². The number of benzene rings is 1. The van der Waals surface area contributed by atoms with E-state index >= 15 is 0 Å². The van der Waals surface area contributed by atoms with Crippen molar-refractivity contribution in [3.05, 3.63) is 72.6 Å². The Kier molecular flexibility index (Phi) is 4.28. The lowest BCUT2D eigenvalue weighted by Gasteiger charge is -2.05. The van der Waals surface area contributed by atoms with Crippen LogP contribution in [0.15, 0.2) is 40.6 Å². The molecule has 0 atom stereocenters. The van der Waals surface area contributed by atoms with E-state index in [1.165, 1.54) is 33.9 Å². The summed E-state index contributed by atoms with van der Waals surface area (Å²) in [5.41, 5.74) is -0.718. The summed E-state index contributed by atoms with van der Waals surface area (Å²) in [7, 11) is 0. The fraction of sp³-hybridized carbons (Fsp3) is 0.0714. The van der Waals surface area contributed by atoms with Crippen molar-refractivity contribution in [1.82, 2.24) is 9.38 Å². The number of fused-ring (bicyclic) bond motifs is 1. The van der Waals surface area contributed by atoms with Crippen molar-refractivity contribution in [3.8, 4) is 0 Å². The minimum absolute atomic E-state index is 0.135. The molecule has 0 saturated heterocycles. The van der Waals surface area contributed by atoms with E-state index in [1.807, 2.05) is 0 Å². The number of thiazole rings is 1. The number of esters is 1. The third-order valence-electron chi connectivity index (χ3n) is 3.08. The van der Waals surface area contributed by atoms with Gasteiger partial charge in [0.15, 0.2) is 4.96 Å². The molecule has 0 unspecified atom stereocenters. The summed E-state index contributed by atoms with van der Waals surface area (Å²) in [6.45, 7) is -0.276. The number of nitro groups is 1. The van der Waals surface area contributed by atoms with Gasteiger partial charge in [-0.3, -0.25) is 19.3 Å². The van der Waals surface area contributed by atoms with Gasteiger partial charge < -0.3 is 4.74 Å². The molecule has 0 aliphatic rings. The first-order chi connectivity index (χ1) is 11.5. The quantitative estimate of drug-likeness (QED) is 0.400. The molecule has 0 amide bonds. The molecule has 0 aliphatic carbocycles. The van der Waals surface area contributed by atoms with Crippen LogP contribution in [0, 0.1) is 10.1 Å². The third kappa shape index (κ3) is 3.12. The highest BCUT2D eigenvalue weighted by molar-refractivity contribution is 7.15. The first kappa shape index (κ1) is 16.1. The summed E-state index contributed by atoms with van der Waals surface area (Å²) in [5.74, 6) is -0.897. The number of carbonyl (C=O) groups is 1. The number of rotatable bonds is 4. The van der Waals surface area contributed by atoms with E-state index in [0.717, 1.165) is 6.07 Å². The first-order valence-electron chi connectivity index (χ1n) is 6.52. The molecule has 3 rings (SSSR count). The number of aromatic nitrogens is 2. The van der Waals surface area contributed by atoms with Gasteiger partial charge in [-0.1, -0.05) is 11.6 Å². The van der Waals surface area contributed by atoms with Crippen LogP contribution < -0.4 is 5.56 Å². The fourth-order valence-corrected chi connectivity index (χ4v) is 2.91. The van der Waals surface area contributed by atoms with E-state index in [2.05, 4.69) is 4.98 Å². The van der Waals surface area contributed by atoms with E-state index in [0.29, 0.717) is 4.96 Å². The Hall–Kier alpha value is -2.78. The van der Waals surface area contributed by atoms with Gasteiger partial charge in [-0.15, -0.1) is 11.3 Å². The smallest absolute Gasteiger partial charge is 0.345 e. The van der Waals surface area contributed by atoms with E-state index in [9.17, 15) is 19.7 Å². The van der Waals surface area contributed by atoms with Crippen molar-refractivity contribution in [2.45, 2.75) is 6.61 Å². The van der Waals surface area contributed by atoms with Crippen LogP contribution in [0.2, 0.25) is 5.02 Å². The summed E-state index contributed by atoms with van der Waals surface area (Å²) in [6, 6.07) is 4.88. The highest BCUT2D eigenvalue weighted by Gasteiger charge is 2.22. The molecule has 2 heterocycles. The number of carbonyl (C=O) groups excluding carboxylic acids is 1. The molecule has 122 valence electrons. The zero-order valence-electron chi connectivity index (χ0n) is 11.8. The zero-order chi connectivity index (χ0) is 17.3. The van der Waals surface area contributed by atoms with Crippen molar-refractivity contribution in [2.75, 3.05) is 0 Å². The lowest BCUT2D eigenvalue weighted by atomic mass is 10.2. The molecule has 8 nitrogen and oxygen atoms in total.